The molecule has 0 aliphatic carbocycles. The molecule has 0 amide bonds. The summed E-state index contributed by atoms with van der Waals surface area (Å²) in [5.41, 5.74) is 1.87. The summed E-state index contributed by atoms with van der Waals surface area (Å²) in [5.74, 6) is 0.229. The van der Waals surface area contributed by atoms with Crippen molar-refractivity contribution < 1.29 is 17.9 Å². The topological polar surface area (TPSA) is 59.9 Å². The molecule has 0 aliphatic rings. The Labute approximate surface area is 119 Å². The third-order valence-corrected chi connectivity index (χ3v) is 2.45. The van der Waals surface area contributed by atoms with Crippen LogP contribution in [0.5, 0.6) is 5.88 Å². The van der Waals surface area contributed by atoms with Gasteiger partial charge in [-0.25, -0.2) is 9.97 Å². The van der Waals surface area contributed by atoms with E-state index in [-0.39, 0.29) is 5.88 Å². The van der Waals surface area contributed by atoms with Gasteiger partial charge in [0.25, 0.3) is 0 Å². The Hall–Kier alpha value is -2.38. The van der Waals surface area contributed by atoms with Crippen LogP contribution < -0.4 is 10.1 Å². The number of alkyl halides is 3. The van der Waals surface area contributed by atoms with Crippen molar-refractivity contribution in [3.8, 4) is 5.88 Å². The zero-order chi connectivity index (χ0) is 15.3. The molecule has 2 aromatic heterocycles. The lowest BCUT2D eigenvalue weighted by Crippen LogP contribution is -2.19. The van der Waals surface area contributed by atoms with E-state index >= 15 is 0 Å². The van der Waals surface area contributed by atoms with E-state index in [0.29, 0.717) is 12.4 Å². The van der Waals surface area contributed by atoms with Gasteiger partial charge in [-0.05, 0) is 24.6 Å². The second kappa shape index (κ2) is 6.38. The van der Waals surface area contributed by atoms with Crippen molar-refractivity contribution in [1.29, 1.82) is 0 Å². The molecule has 5 nitrogen and oxygen atoms in total. The van der Waals surface area contributed by atoms with Crippen LogP contribution in [0.4, 0.5) is 19.0 Å². The summed E-state index contributed by atoms with van der Waals surface area (Å²) < 4.78 is 40.7. The largest absolute Gasteiger partial charge is 0.468 e. The number of hydrogen-bond donors (Lipinski definition) is 1. The summed E-state index contributed by atoms with van der Waals surface area (Å²) in [5, 5.41) is 2.95. The van der Waals surface area contributed by atoms with Crippen molar-refractivity contribution in [1.82, 2.24) is 15.0 Å². The molecule has 0 bridgehead atoms. The molecule has 0 fully saturated rings. The lowest BCUT2D eigenvalue weighted by Gasteiger charge is -2.09. The first-order valence-electron chi connectivity index (χ1n) is 6.09. The molecular weight excluding hydrogens is 285 g/mol. The van der Waals surface area contributed by atoms with Gasteiger partial charge in [-0.15, -0.1) is 0 Å². The van der Waals surface area contributed by atoms with Crippen LogP contribution in [0, 0.1) is 6.92 Å². The quantitative estimate of drug-likeness (QED) is 0.919. The SMILES string of the molecule is Cc1ccnc(CNc2cc(OCC(F)(F)F)ncn2)c1. The van der Waals surface area contributed by atoms with Crippen molar-refractivity contribution in [3.05, 3.63) is 42.0 Å². The molecule has 2 rings (SSSR count). The molecule has 2 heterocycles. The summed E-state index contributed by atoms with van der Waals surface area (Å²) >= 11 is 0. The minimum Gasteiger partial charge on any atom is -0.468 e. The normalized spacial score (nSPS) is 11.2. The highest BCUT2D eigenvalue weighted by atomic mass is 19.4. The maximum Gasteiger partial charge on any atom is 0.422 e. The molecular formula is C13H13F3N4O. The predicted molar refractivity (Wildman–Crippen MR) is 69.9 cm³/mol. The first-order valence-corrected chi connectivity index (χ1v) is 6.09. The summed E-state index contributed by atoms with van der Waals surface area (Å²) in [6, 6.07) is 5.08. The van der Waals surface area contributed by atoms with Crippen LogP contribution in [0.15, 0.2) is 30.7 Å². The number of ether oxygens (including phenoxy) is 1. The minimum absolute atomic E-state index is 0.137. The van der Waals surface area contributed by atoms with Crippen LogP contribution in [0.1, 0.15) is 11.3 Å². The molecule has 0 spiro atoms. The standard InChI is InChI=1S/C13H13F3N4O/c1-9-2-3-17-10(4-9)6-18-11-5-12(20-8-19-11)21-7-13(14,15)16/h2-5,8H,6-7H2,1H3,(H,18,19,20). The number of pyridine rings is 1. The smallest absolute Gasteiger partial charge is 0.422 e. The zero-order valence-corrected chi connectivity index (χ0v) is 11.2. The number of rotatable bonds is 5. The molecule has 0 atom stereocenters. The minimum atomic E-state index is -4.40. The van der Waals surface area contributed by atoms with Gasteiger partial charge in [-0.2, -0.15) is 13.2 Å². The van der Waals surface area contributed by atoms with Gasteiger partial charge in [0.2, 0.25) is 5.88 Å². The molecule has 0 saturated carbocycles. The third kappa shape index (κ3) is 5.25. The van der Waals surface area contributed by atoms with Crippen LogP contribution in [0.3, 0.4) is 0 Å². The van der Waals surface area contributed by atoms with E-state index in [1.54, 1.807) is 6.20 Å². The number of nitrogens with zero attached hydrogens (tertiary/aromatic N) is 3. The van der Waals surface area contributed by atoms with Gasteiger partial charge in [0, 0.05) is 12.3 Å². The Morgan fingerprint density at radius 2 is 2.00 bits per heavy atom. The van der Waals surface area contributed by atoms with Gasteiger partial charge in [0.1, 0.15) is 12.1 Å². The third-order valence-electron chi connectivity index (χ3n) is 2.45. The van der Waals surface area contributed by atoms with Crippen LogP contribution in [-0.4, -0.2) is 27.7 Å². The van der Waals surface area contributed by atoms with Crippen molar-refractivity contribution in [3.63, 3.8) is 0 Å². The van der Waals surface area contributed by atoms with Gasteiger partial charge >= 0.3 is 6.18 Å². The molecule has 21 heavy (non-hydrogen) atoms. The first-order chi connectivity index (χ1) is 9.92. The molecule has 1 N–H and O–H groups in total. The number of aryl methyl sites for hydroxylation is 1. The van der Waals surface area contributed by atoms with E-state index < -0.39 is 12.8 Å². The van der Waals surface area contributed by atoms with Crippen LogP contribution in [-0.2, 0) is 6.54 Å². The van der Waals surface area contributed by atoms with E-state index in [1.165, 1.54) is 6.07 Å². The van der Waals surface area contributed by atoms with Gasteiger partial charge in [0.15, 0.2) is 6.61 Å². The molecule has 112 valence electrons. The lowest BCUT2D eigenvalue weighted by atomic mass is 10.2. The fraction of sp³-hybridized carbons (Fsp3) is 0.308. The molecule has 0 radical (unpaired) electrons. The van der Waals surface area contributed by atoms with E-state index in [0.717, 1.165) is 17.6 Å². The Morgan fingerprint density at radius 1 is 1.19 bits per heavy atom. The maximum atomic E-state index is 12.1. The Balaban J connectivity index is 1.95. The Kier molecular flexibility index (Phi) is 4.56. The van der Waals surface area contributed by atoms with Gasteiger partial charge < -0.3 is 10.1 Å². The van der Waals surface area contributed by atoms with E-state index in [1.807, 2.05) is 19.1 Å². The predicted octanol–water partition coefficient (Wildman–Crippen LogP) is 2.73. The Morgan fingerprint density at radius 3 is 2.71 bits per heavy atom. The van der Waals surface area contributed by atoms with Crippen molar-refractivity contribution in [2.24, 2.45) is 0 Å². The second-order valence-electron chi connectivity index (χ2n) is 4.32. The molecule has 0 aromatic carbocycles. The number of hydrogen-bond acceptors (Lipinski definition) is 5. The molecule has 0 unspecified atom stereocenters. The highest BCUT2D eigenvalue weighted by Crippen LogP contribution is 2.18. The number of nitrogens with one attached hydrogen (secondary N) is 1. The number of halogens is 3. The molecule has 8 heteroatoms. The zero-order valence-electron chi connectivity index (χ0n) is 11.2. The maximum absolute atomic E-state index is 12.1. The summed E-state index contributed by atoms with van der Waals surface area (Å²) in [6.07, 6.45) is -1.58. The highest BCUT2D eigenvalue weighted by Gasteiger charge is 2.28. The van der Waals surface area contributed by atoms with Crippen molar-refractivity contribution in [2.75, 3.05) is 11.9 Å². The second-order valence-corrected chi connectivity index (χ2v) is 4.32. The first kappa shape index (κ1) is 15.0. The average molecular weight is 298 g/mol. The van der Waals surface area contributed by atoms with Crippen LogP contribution in [0.2, 0.25) is 0 Å². The van der Waals surface area contributed by atoms with Crippen LogP contribution in [0.25, 0.3) is 0 Å². The fourth-order valence-electron chi connectivity index (χ4n) is 1.55. The monoisotopic (exact) mass is 298 g/mol. The van der Waals surface area contributed by atoms with E-state index in [4.69, 9.17) is 0 Å². The summed E-state index contributed by atoms with van der Waals surface area (Å²) in [4.78, 5) is 11.7. The highest BCUT2D eigenvalue weighted by molar-refractivity contribution is 5.37. The van der Waals surface area contributed by atoms with Gasteiger partial charge in [-0.3, -0.25) is 4.98 Å². The molecule has 2 aromatic rings. The van der Waals surface area contributed by atoms with Gasteiger partial charge in [-0.1, -0.05) is 0 Å². The van der Waals surface area contributed by atoms with Crippen molar-refractivity contribution >= 4 is 5.82 Å². The average Bonchev–Trinajstić information content (AvgIpc) is 2.43. The van der Waals surface area contributed by atoms with E-state index in [2.05, 4.69) is 25.0 Å². The number of anilines is 1. The van der Waals surface area contributed by atoms with E-state index in [9.17, 15) is 13.2 Å². The molecule has 0 saturated heterocycles. The lowest BCUT2D eigenvalue weighted by molar-refractivity contribution is -0.154. The van der Waals surface area contributed by atoms with Crippen molar-refractivity contribution in [2.45, 2.75) is 19.6 Å². The summed E-state index contributed by atoms with van der Waals surface area (Å²) in [6.45, 7) is 0.958. The summed E-state index contributed by atoms with van der Waals surface area (Å²) in [7, 11) is 0. The van der Waals surface area contributed by atoms with Crippen LogP contribution >= 0.6 is 0 Å². The molecule has 0 aliphatic heterocycles. The van der Waals surface area contributed by atoms with Gasteiger partial charge in [0.05, 0.1) is 12.2 Å². The fourth-order valence-corrected chi connectivity index (χ4v) is 1.55. The number of aromatic nitrogens is 3. The Bertz CT molecular complexity index is 604.